The van der Waals surface area contributed by atoms with Crippen LogP contribution in [0, 0.1) is 6.92 Å². The fraction of sp³-hybridized carbons (Fsp3) is 0.455. The minimum Gasteiger partial charge on any atom is -0.409 e. The summed E-state index contributed by atoms with van der Waals surface area (Å²) < 4.78 is 3.14. The maximum Gasteiger partial charge on any atom is 0.344 e. The average Bonchev–Trinajstić information content (AvgIpc) is 2.90. The van der Waals surface area contributed by atoms with Crippen molar-refractivity contribution in [3.05, 3.63) is 21.7 Å². The number of aromatic amines is 1. The van der Waals surface area contributed by atoms with E-state index in [4.69, 9.17) is 10.9 Å². The highest BCUT2D eigenvalue weighted by Crippen LogP contribution is 2.30. The minimum atomic E-state index is -0.281. The van der Waals surface area contributed by atoms with Crippen molar-refractivity contribution in [1.82, 2.24) is 24.5 Å². The molecule has 2 rings (SSSR count). The van der Waals surface area contributed by atoms with Crippen LogP contribution < -0.4 is 11.4 Å². The Morgan fingerprint density at radius 2 is 2.19 bits per heavy atom. The molecule has 0 spiro atoms. The van der Waals surface area contributed by atoms with Gasteiger partial charge in [0.2, 0.25) is 0 Å². The van der Waals surface area contributed by atoms with Gasteiger partial charge in [0.1, 0.15) is 5.03 Å². The number of nitrogens with zero attached hydrogens (tertiary/aromatic N) is 5. The number of rotatable bonds is 4. The number of nitrogens with two attached hydrogens (primary N) is 1. The van der Waals surface area contributed by atoms with Crippen LogP contribution >= 0.6 is 11.8 Å². The van der Waals surface area contributed by atoms with Gasteiger partial charge in [-0.2, -0.15) is 5.10 Å². The third-order valence-corrected chi connectivity index (χ3v) is 4.04. The van der Waals surface area contributed by atoms with Crippen LogP contribution in [0.3, 0.4) is 0 Å². The van der Waals surface area contributed by atoms with Gasteiger partial charge in [0, 0.05) is 13.1 Å². The van der Waals surface area contributed by atoms with Crippen LogP contribution in [0.4, 0.5) is 0 Å². The van der Waals surface area contributed by atoms with Crippen LogP contribution in [0.1, 0.15) is 31.1 Å². The lowest BCUT2D eigenvalue weighted by Crippen LogP contribution is -2.19. The zero-order valence-electron chi connectivity index (χ0n) is 12.2. The molecule has 9 nitrogen and oxygen atoms in total. The van der Waals surface area contributed by atoms with E-state index in [1.165, 1.54) is 16.3 Å². The molecule has 0 atom stereocenters. The van der Waals surface area contributed by atoms with E-state index < -0.39 is 0 Å². The first-order chi connectivity index (χ1) is 9.86. The summed E-state index contributed by atoms with van der Waals surface area (Å²) in [6, 6.07) is -0.0413. The molecule has 0 aliphatic carbocycles. The number of hydrogen-bond donors (Lipinski definition) is 3. The maximum absolute atomic E-state index is 11.8. The van der Waals surface area contributed by atoms with Crippen LogP contribution in [-0.4, -0.2) is 35.6 Å². The van der Waals surface area contributed by atoms with Crippen LogP contribution in [0.5, 0.6) is 0 Å². The summed E-state index contributed by atoms with van der Waals surface area (Å²) in [4.78, 5) is 11.8. The third kappa shape index (κ3) is 2.66. The molecule has 0 aromatic carbocycles. The molecule has 0 saturated heterocycles. The van der Waals surface area contributed by atoms with Gasteiger partial charge in [0.25, 0.3) is 0 Å². The number of amidine groups is 1. The molecule has 2 aromatic heterocycles. The van der Waals surface area contributed by atoms with Gasteiger partial charge >= 0.3 is 5.69 Å². The second kappa shape index (κ2) is 5.64. The first kappa shape index (κ1) is 15.2. The fourth-order valence-corrected chi connectivity index (χ4v) is 3.19. The van der Waals surface area contributed by atoms with Crippen LogP contribution in [0.15, 0.2) is 20.1 Å². The van der Waals surface area contributed by atoms with Crippen molar-refractivity contribution in [3.8, 4) is 0 Å². The molecule has 0 radical (unpaired) electrons. The van der Waals surface area contributed by atoms with Crippen molar-refractivity contribution in [2.45, 2.75) is 37.0 Å². The molecule has 0 amide bonds. The number of hydrogen-bond acceptors (Lipinski definition) is 6. The van der Waals surface area contributed by atoms with Crippen molar-refractivity contribution in [2.75, 3.05) is 0 Å². The highest BCUT2D eigenvalue weighted by molar-refractivity contribution is 7.99. The third-order valence-electron chi connectivity index (χ3n) is 2.91. The molecule has 0 aliphatic heterocycles. The van der Waals surface area contributed by atoms with E-state index >= 15 is 0 Å². The Labute approximate surface area is 124 Å². The number of oxime groups is 1. The average molecular weight is 311 g/mol. The van der Waals surface area contributed by atoms with Crippen LogP contribution in [0.2, 0.25) is 0 Å². The minimum absolute atomic E-state index is 0.0305. The number of aryl methyl sites for hydroxylation is 2. The van der Waals surface area contributed by atoms with Crippen LogP contribution in [-0.2, 0) is 7.05 Å². The second-order valence-corrected chi connectivity index (χ2v) is 5.71. The molecular weight excluding hydrogens is 294 g/mol. The lowest BCUT2D eigenvalue weighted by molar-refractivity contribution is 0.318. The van der Waals surface area contributed by atoms with Gasteiger partial charge in [0.05, 0.1) is 11.3 Å². The van der Waals surface area contributed by atoms with Gasteiger partial charge in [-0.1, -0.05) is 5.16 Å². The molecule has 0 saturated carbocycles. The van der Waals surface area contributed by atoms with Gasteiger partial charge in [-0.05, 0) is 32.5 Å². The van der Waals surface area contributed by atoms with Crippen molar-refractivity contribution < 1.29 is 5.21 Å². The van der Waals surface area contributed by atoms with E-state index in [2.05, 4.69) is 20.5 Å². The fourth-order valence-electron chi connectivity index (χ4n) is 2.00. The van der Waals surface area contributed by atoms with E-state index in [9.17, 15) is 4.79 Å². The topological polar surface area (TPSA) is 127 Å². The Kier molecular flexibility index (Phi) is 4.07. The number of aromatic nitrogens is 5. The normalized spacial score (nSPS) is 12.3. The summed E-state index contributed by atoms with van der Waals surface area (Å²) in [5.41, 5.74) is 6.57. The summed E-state index contributed by atoms with van der Waals surface area (Å²) in [7, 11) is 1.74. The van der Waals surface area contributed by atoms with E-state index in [0.717, 1.165) is 0 Å². The molecule has 0 unspecified atom stereocenters. The van der Waals surface area contributed by atoms with Crippen molar-refractivity contribution >= 4 is 17.6 Å². The largest absolute Gasteiger partial charge is 0.409 e. The molecule has 0 fully saturated rings. The Morgan fingerprint density at radius 3 is 2.76 bits per heavy atom. The van der Waals surface area contributed by atoms with Crippen molar-refractivity contribution in [2.24, 2.45) is 17.9 Å². The maximum atomic E-state index is 11.8. The lowest BCUT2D eigenvalue weighted by Gasteiger charge is -2.09. The van der Waals surface area contributed by atoms with Gasteiger partial charge in [-0.25, -0.2) is 9.89 Å². The summed E-state index contributed by atoms with van der Waals surface area (Å²) in [6.45, 7) is 5.54. The Balaban J connectivity index is 2.53. The van der Waals surface area contributed by atoms with Crippen LogP contribution in [0.25, 0.3) is 0 Å². The first-order valence-electron chi connectivity index (χ1n) is 6.23. The molecule has 4 N–H and O–H groups in total. The first-order valence-corrected chi connectivity index (χ1v) is 7.04. The highest BCUT2D eigenvalue weighted by Gasteiger charge is 2.21. The van der Waals surface area contributed by atoms with Gasteiger partial charge in [-0.3, -0.25) is 9.25 Å². The van der Waals surface area contributed by atoms with E-state index in [0.29, 0.717) is 21.4 Å². The zero-order valence-corrected chi connectivity index (χ0v) is 13.0. The van der Waals surface area contributed by atoms with E-state index in [-0.39, 0.29) is 17.6 Å². The summed E-state index contributed by atoms with van der Waals surface area (Å²) in [5, 5.41) is 23.8. The van der Waals surface area contributed by atoms with Gasteiger partial charge in [-0.15, -0.1) is 5.10 Å². The standard InChI is InChI=1S/C11H17N7O2S/c1-5(2)18-10(19)13-14-11(18)21-9-7(8(12)16-20)6(3)15-17(9)4/h5,20H,1-4H3,(H2,12,16)(H,13,19). The SMILES string of the molecule is Cc1nn(C)c(Sc2n[nH]c(=O)n2C(C)C)c1C(N)=NO. The molecule has 21 heavy (non-hydrogen) atoms. The monoisotopic (exact) mass is 311 g/mol. The molecule has 0 aliphatic rings. The van der Waals surface area contributed by atoms with E-state index in [1.54, 1.807) is 18.7 Å². The zero-order chi connectivity index (χ0) is 15.7. The Morgan fingerprint density at radius 1 is 1.52 bits per heavy atom. The van der Waals surface area contributed by atoms with Crippen molar-refractivity contribution in [1.29, 1.82) is 0 Å². The predicted molar refractivity (Wildman–Crippen MR) is 77.8 cm³/mol. The molecule has 10 heteroatoms. The molecule has 2 aromatic rings. The van der Waals surface area contributed by atoms with E-state index in [1.807, 2.05) is 13.8 Å². The van der Waals surface area contributed by atoms with Gasteiger partial charge in [0.15, 0.2) is 11.0 Å². The lowest BCUT2D eigenvalue weighted by atomic mass is 10.2. The number of H-pyrrole nitrogens is 1. The van der Waals surface area contributed by atoms with Crippen molar-refractivity contribution in [3.63, 3.8) is 0 Å². The smallest absolute Gasteiger partial charge is 0.344 e. The second-order valence-electron chi connectivity index (χ2n) is 4.75. The Bertz CT molecular complexity index is 740. The van der Waals surface area contributed by atoms with Gasteiger partial charge < -0.3 is 10.9 Å². The Hall–Kier alpha value is -2.23. The number of nitrogens with one attached hydrogen (secondary N) is 1. The predicted octanol–water partition coefficient (Wildman–Crippen LogP) is 0.440. The molecule has 114 valence electrons. The quantitative estimate of drug-likeness (QED) is 0.325. The summed E-state index contributed by atoms with van der Waals surface area (Å²) >= 11 is 1.23. The molecule has 0 bridgehead atoms. The summed E-state index contributed by atoms with van der Waals surface area (Å²) in [5.74, 6) is -0.0305. The molecular formula is C11H17N7O2S. The molecule has 2 heterocycles. The highest BCUT2D eigenvalue weighted by atomic mass is 32.2. The summed E-state index contributed by atoms with van der Waals surface area (Å²) in [6.07, 6.45) is 0.